The number of hydrogen-bond acceptors (Lipinski definition) is 6. The van der Waals surface area contributed by atoms with E-state index in [0.717, 1.165) is 54.9 Å². The number of carbonyl (C=O) groups excluding carboxylic acids is 1. The molecule has 1 saturated carbocycles. The maximum Gasteiger partial charge on any atom is 0.252 e. The summed E-state index contributed by atoms with van der Waals surface area (Å²) in [5, 5.41) is 11.8. The van der Waals surface area contributed by atoms with Gasteiger partial charge in [-0.05, 0) is 51.0 Å². The zero-order chi connectivity index (χ0) is 22.1. The third-order valence-corrected chi connectivity index (χ3v) is 5.88. The zero-order valence-electron chi connectivity index (χ0n) is 17.8. The molecule has 1 aliphatic rings. The highest BCUT2D eigenvalue weighted by Crippen LogP contribution is 2.29. The monoisotopic (exact) mass is 425 g/mol. The molecule has 6 N–H and O–H groups in total. The average molecular weight is 426 g/mol. The number of rotatable bonds is 6. The Balaban J connectivity index is 1.68. The van der Waals surface area contributed by atoms with Crippen molar-refractivity contribution in [2.45, 2.75) is 58.2 Å². The summed E-state index contributed by atoms with van der Waals surface area (Å²) in [5.74, 6) is -1.13. The SMILES string of the molecule is CCn1nc(C)c2cc(Nc3nc(N[C@H]4CCCC[C@H]4N)c(F)cc3C(N)=O)ccc21. The standard InChI is InChI=1S/C22H28FN7O/c1-3-30-19-9-8-13(10-14(19)12(2)29-30)26-21-15(20(25)31)11-16(23)22(28-21)27-18-7-5-4-6-17(18)24/h8-11,17-18H,3-7,24H2,1-2H3,(H2,25,31)(H2,26,27,28)/t17-,18+/m1/s1. The van der Waals surface area contributed by atoms with E-state index in [4.69, 9.17) is 11.5 Å². The van der Waals surface area contributed by atoms with E-state index < -0.39 is 11.7 Å². The Hall–Kier alpha value is -3.20. The minimum Gasteiger partial charge on any atom is -0.365 e. The number of nitrogens with two attached hydrogens (primary N) is 2. The first-order valence-corrected chi connectivity index (χ1v) is 10.6. The van der Waals surface area contributed by atoms with E-state index in [1.165, 1.54) is 0 Å². The number of amides is 1. The molecule has 164 valence electrons. The van der Waals surface area contributed by atoms with Gasteiger partial charge in [0.15, 0.2) is 11.6 Å². The number of fused-ring (bicyclic) bond motifs is 1. The Kier molecular flexibility index (Phi) is 5.77. The molecule has 9 heteroatoms. The van der Waals surface area contributed by atoms with Crippen LogP contribution in [-0.2, 0) is 6.54 Å². The molecular formula is C22H28FN7O. The number of benzene rings is 1. The van der Waals surface area contributed by atoms with E-state index in [0.29, 0.717) is 5.69 Å². The van der Waals surface area contributed by atoms with Gasteiger partial charge in [-0.2, -0.15) is 5.10 Å². The molecule has 2 heterocycles. The fourth-order valence-corrected chi connectivity index (χ4v) is 4.18. The van der Waals surface area contributed by atoms with Crippen LogP contribution in [0, 0.1) is 12.7 Å². The molecule has 2 aromatic heterocycles. The molecule has 0 bridgehead atoms. The third-order valence-electron chi connectivity index (χ3n) is 5.88. The number of anilines is 3. The van der Waals surface area contributed by atoms with E-state index >= 15 is 0 Å². The normalized spacial score (nSPS) is 18.8. The number of hydrogen-bond donors (Lipinski definition) is 4. The van der Waals surface area contributed by atoms with E-state index in [2.05, 4.69) is 20.7 Å². The quantitative estimate of drug-likeness (QED) is 0.480. The maximum absolute atomic E-state index is 14.7. The minimum atomic E-state index is -0.758. The number of halogens is 1. The fourth-order valence-electron chi connectivity index (χ4n) is 4.18. The molecule has 1 fully saturated rings. The van der Waals surface area contributed by atoms with Crippen LogP contribution in [-0.4, -0.2) is 32.8 Å². The lowest BCUT2D eigenvalue weighted by atomic mass is 9.91. The first kappa shape index (κ1) is 21.0. The molecule has 1 aromatic carbocycles. The predicted molar refractivity (Wildman–Crippen MR) is 120 cm³/mol. The van der Waals surface area contributed by atoms with Gasteiger partial charge in [0.1, 0.15) is 5.82 Å². The fraction of sp³-hybridized carbons (Fsp3) is 0.409. The van der Waals surface area contributed by atoms with Gasteiger partial charge >= 0.3 is 0 Å². The molecule has 3 aromatic rings. The number of carbonyl (C=O) groups is 1. The Bertz CT molecular complexity index is 1130. The van der Waals surface area contributed by atoms with E-state index in [1.54, 1.807) is 0 Å². The highest BCUT2D eigenvalue weighted by molar-refractivity contribution is 5.99. The van der Waals surface area contributed by atoms with Crippen LogP contribution in [0.25, 0.3) is 10.9 Å². The molecule has 0 aliphatic heterocycles. The molecule has 2 atom stereocenters. The molecule has 1 aliphatic carbocycles. The van der Waals surface area contributed by atoms with Crippen LogP contribution in [0.4, 0.5) is 21.7 Å². The predicted octanol–water partition coefficient (Wildman–Crippen LogP) is 3.42. The van der Waals surface area contributed by atoms with Crippen molar-refractivity contribution in [1.29, 1.82) is 0 Å². The van der Waals surface area contributed by atoms with Crippen molar-refractivity contribution in [2.24, 2.45) is 11.5 Å². The second kappa shape index (κ2) is 8.50. The largest absolute Gasteiger partial charge is 0.365 e. The summed E-state index contributed by atoms with van der Waals surface area (Å²) < 4.78 is 16.6. The number of nitrogens with zero attached hydrogens (tertiary/aromatic N) is 3. The molecule has 1 amide bonds. The smallest absolute Gasteiger partial charge is 0.252 e. The van der Waals surface area contributed by atoms with Gasteiger partial charge in [-0.1, -0.05) is 12.8 Å². The van der Waals surface area contributed by atoms with Crippen molar-refractivity contribution in [3.8, 4) is 0 Å². The summed E-state index contributed by atoms with van der Waals surface area (Å²) in [6, 6.07) is 6.74. The van der Waals surface area contributed by atoms with Crippen LogP contribution in [0.15, 0.2) is 24.3 Å². The Morgan fingerprint density at radius 3 is 2.74 bits per heavy atom. The third kappa shape index (κ3) is 4.18. The van der Waals surface area contributed by atoms with Crippen molar-refractivity contribution < 1.29 is 9.18 Å². The topological polar surface area (TPSA) is 124 Å². The minimum absolute atomic E-state index is 0.0166. The first-order valence-electron chi connectivity index (χ1n) is 10.6. The molecular weight excluding hydrogens is 397 g/mol. The molecule has 0 saturated heterocycles. The highest BCUT2D eigenvalue weighted by atomic mass is 19.1. The second-order valence-electron chi connectivity index (χ2n) is 8.04. The van der Waals surface area contributed by atoms with E-state index in [1.807, 2.05) is 36.7 Å². The molecule has 31 heavy (non-hydrogen) atoms. The van der Waals surface area contributed by atoms with Crippen LogP contribution in [0.2, 0.25) is 0 Å². The van der Waals surface area contributed by atoms with Gasteiger partial charge < -0.3 is 22.1 Å². The van der Waals surface area contributed by atoms with Crippen LogP contribution in [0.3, 0.4) is 0 Å². The molecule has 0 unspecified atom stereocenters. The zero-order valence-corrected chi connectivity index (χ0v) is 17.8. The Morgan fingerprint density at radius 2 is 2.03 bits per heavy atom. The van der Waals surface area contributed by atoms with Crippen molar-refractivity contribution in [3.63, 3.8) is 0 Å². The lowest BCUT2D eigenvalue weighted by Crippen LogP contribution is -2.43. The summed E-state index contributed by atoms with van der Waals surface area (Å²) in [5.41, 5.74) is 14.3. The van der Waals surface area contributed by atoms with E-state index in [-0.39, 0.29) is 29.3 Å². The Labute approximate surface area is 180 Å². The van der Waals surface area contributed by atoms with Gasteiger partial charge in [-0.15, -0.1) is 0 Å². The number of nitrogens with one attached hydrogen (secondary N) is 2. The van der Waals surface area contributed by atoms with Crippen LogP contribution in [0.1, 0.15) is 48.7 Å². The molecule has 4 rings (SSSR count). The van der Waals surface area contributed by atoms with Crippen molar-refractivity contribution in [3.05, 3.63) is 41.3 Å². The van der Waals surface area contributed by atoms with Crippen molar-refractivity contribution in [1.82, 2.24) is 14.8 Å². The van der Waals surface area contributed by atoms with Gasteiger partial charge in [0.05, 0.1) is 16.8 Å². The number of aryl methyl sites for hydroxylation is 2. The summed E-state index contributed by atoms with van der Waals surface area (Å²) in [6.45, 7) is 4.74. The van der Waals surface area contributed by atoms with Gasteiger partial charge in [0.2, 0.25) is 0 Å². The Morgan fingerprint density at radius 1 is 1.26 bits per heavy atom. The molecule has 8 nitrogen and oxygen atoms in total. The average Bonchev–Trinajstić information content (AvgIpc) is 3.07. The number of primary amides is 1. The number of aromatic nitrogens is 3. The molecule has 0 radical (unpaired) electrons. The number of pyridine rings is 1. The summed E-state index contributed by atoms with van der Waals surface area (Å²) >= 11 is 0. The lowest BCUT2D eigenvalue weighted by Gasteiger charge is -2.30. The van der Waals surface area contributed by atoms with Gasteiger partial charge in [0, 0.05) is 29.7 Å². The summed E-state index contributed by atoms with van der Waals surface area (Å²) in [7, 11) is 0. The van der Waals surface area contributed by atoms with E-state index in [9.17, 15) is 9.18 Å². The van der Waals surface area contributed by atoms with Crippen LogP contribution >= 0.6 is 0 Å². The lowest BCUT2D eigenvalue weighted by molar-refractivity contribution is 0.100. The summed E-state index contributed by atoms with van der Waals surface area (Å²) in [4.78, 5) is 16.3. The summed E-state index contributed by atoms with van der Waals surface area (Å²) in [6.07, 6.45) is 3.83. The van der Waals surface area contributed by atoms with Crippen LogP contribution < -0.4 is 22.1 Å². The second-order valence-corrected chi connectivity index (χ2v) is 8.04. The van der Waals surface area contributed by atoms with Gasteiger partial charge in [-0.25, -0.2) is 9.37 Å². The molecule has 0 spiro atoms. The highest BCUT2D eigenvalue weighted by Gasteiger charge is 2.24. The van der Waals surface area contributed by atoms with Crippen LogP contribution in [0.5, 0.6) is 0 Å². The first-order chi connectivity index (χ1) is 14.9. The maximum atomic E-state index is 14.7. The van der Waals surface area contributed by atoms with Crippen molar-refractivity contribution >= 4 is 34.1 Å². The van der Waals surface area contributed by atoms with Gasteiger partial charge in [0.25, 0.3) is 5.91 Å². The van der Waals surface area contributed by atoms with Gasteiger partial charge in [-0.3, -0.25) is 9.48 Å². The van der Waals surface area contributed by atoms with Crippen molar-refractivity contribution in [2.75, 3.05) is 10.6 Å².